The summed E-state index contributed by atoms with van der Waals surface area (Å²) < 4.78 is 5.11. The smallest absolute Gasteiger partial charge is 0.0670 e. The van der Waals surface area contributed by atoms with Crippen molar-refractivity contribution in [3.05, 3.63) is 72.8 Å². The maximum Gasteiger partial charge on any atom is 0.0670 e. The zero-order chi connectivity index (χ0) is 16.5. The summed E-state index contributed by atoms with van der Waals surface area (Å²) in [6, 6.07) is 26.6. The van der Waals surface area contributed by atoms with E-state index in [-0.39, 0.29) is 0 Å². The van der Waals surface area contributed by atoms with Crippen LogP contribution in [0.4, 0.5) is 0 Å². The van der Waals surface area contributed by atoms with Gasteiger partial charge in [-0.15, -0.1) is 11.3 Å². The lowest BCUT2D eigenvalue weighted by atomic mass is 10.1. The molecule has 0 spiro atoms. The quantitative estimate of drug-likeness (QED) is 0.285. The van der Waals surface area contributed by atoms with E-state index in [1.165, 1.54) is 52.8 Å². The molecular formula is C23H15NS. The van der Waals surface area contributed by atoms with Gasteiger partial charge in [-0.05, 0) is 29.0 Å². The fourth-order valence-electron chi connectivity index (χ4n) is 4.18. The molecule has 0 aliphatic heterocycles. The molecular weight excluding hydrogens is 322 g/mol. The van der Waals surface area contributed by atoms with Gasteiger partial charge in [0.05, 0.1) is 10.2 Å². The first-order valence-electron chi connectivity index (χ1n) is 8.52. The van der Waals surface area contributed by atoms with E-state index in [0.29, 0.717) is 0 Å². The third-order valence-corrected chi connectivity index (χ3v) is 6.55. The van der Waals surface area contributed by atoms with Crippen molar-refractivity contribution in [2.24, 2.45) is 7.05 Å². The van der Waals surface area contributed by atoms with Crippen LogP contribution in [0.2, 0.25) is 0 Å². The van der Waals surface area contributed by atoms with Crippen molar-refractivity contribution >= 4 is 64.1 Å². The molecule has 1 nitrogen and oxygen atoms in total. The second-order valence-corrected chi connectivity index (χ2v) is 7.76. The Morgan fingerprint density at radius 1 is 0.680 bits per heavy atom. The van der Waals surface area contributed by atoms with Gasteiger partial charge in [-0.1, -0.05) is 54.6 Å². The molecule has 0 bridgehead atoms. The van der Waals surface area contributed by atoms with Gasteiger partial charge in [0.2, 0.25) is 0 Å². The lowest BCUT2D eigenvalue weighted by Gasteiger charge is -2.00. The van der Waals surface area contributed by atoms with Crippen LogP contribution in [0.5, 0.6) is 0 Å². The molecule has 2 heterocycles. The Balaban J connectivity index is 1.88. The van der Waals surface area contributed by atoms with E-state index < -0.39 is 0 Å². The molecule has 6 aromatic rings. The maximum atomic E-state index is 2.35. The second kappa shape index (κ2) is 4.62. The summed E-state index contributed by atoms with van der Waals surface area (Å²) >= 11 is 1.91. The van der Waals surface area contributed by atoms with Gasteiger partial charge in [0.15, 0.2) is 0 Å². The topological polar surface area (TPSA) is 4.93 Å². The molecule has 2 heteroatoms. The first-order chi connectivity index (χ1) is 12.3. The monoisotopic (exact) mass is 337 g/mol. The van der Waals surface area contributed by atoms with Crippen LogP contribution in [-0.4, -0.2) is 4.57 Å². The molecule has 0 unspecified atom stereocenters. The third-order valence-electron chi connectivity index (χ3n) is 5.37. The zero-order valence-electron chi connectivity index (χ0n) is 13.8. The van der Waals surface area contributed by atoms with E-state index in [1.54, 1.807) is 0 Å². The highest BCUT2D eigenvalue weighted by atomic mass is 32.1. The van der Waals surface area contributed by atoms with E-state index in [0.717, 1.165) is 0 Å². The Morgan fingerprint density at radius 2 is 1.40 bits per heavy atom. The summed E-state index contributed by atoms with van der Waals surface area (Å²) in [5, 5.41) is 8.04. The predicted octanol–water partition coefficient (Wildman–Crippen LogP) is 6.85. The number of benzene rings is 4. The highest BCUT2D eigenvalue weighted by Gasteiger charge is 2.14. The van der Waals surface area contributed by atoms with Gasteiger partial charge < -0.3 is 4.57 Å². The van der Waals surface area contributed by atoms with Crippen molar-refractivity contribution in [3.63, 3.8) is 0 Å². The largest absolute Gasteiger partial charge is 0.342 e. The number of rotatable bonds is 0. The molecule has 0 amide bonds. The van der Waals surface area contributed by atoms with Crippen LogP contribution in [0.1, 0.15) is 0 Å². The Hall–Kier alpha value is -2.84. The van der Waals surface area contributed by atoms with E-state index in [1.807, 2.05) is 11.3 Å². The highest BCUT2D eigenvalue weighted by Crippen LogP contribution is 2.42. The average molecular weight is 337 g/mol. The summed E-state index contributed by atoms with van der Waals surface area (Å²) in [5.74, 6) is 0. The van der Waals surface area contributed by atoms with Crippen molar-refractivity contribution in [2.45, 2.75) is 0 Å². The third kappa shape index (κ3) is 1.67. The number of aryl methyl sites for hydroxylation is 1. The molecule has 0 atom stereocenters. The number of nitrogens with zero attached hydrogens (tertiary/aromatic N) is 1. The fourth-order valence-corrected chi connectivity index (χ4v) is 5.49. The van der Waals surface area contributed by atoms with E-state index in [4.69, 9.17) is 0 Å². The molecule has 0 radical (unpaired) electrons. The Morgan fingerprint density at radius 3 is 2.28 bits per heavy atom. The molecule has 0 saturated heterocycles. The lowest BCUT2D eigenvalue weighted by molar-refractivity contribution is 1.02. The minimum atomic E-state index is 1.30. The Bertz CT molecular complexity index is 1450. The van der Waals surface area contributed by atoms with Crippen LogP contribution in [0.3, 0.4) is 0 Å². The van der Waals surface area contributed by atoms with Crippen LogP contribution in [-0.2, 0) is 7.05 Å². The molecule has 0 aliphatic rings. The summed E-state index contributed by atoms with van der Waals surface area (Å²) in [4.78, 5) is 0. The number of fused-ring (bicyclic) bond motifs is 8. The summed E-state index contributed by atoms with van der Waals surface area (Å²) in [7, 11) is 2.19. The van der Waals surface area contributed by atoms with Gasteiger partial charge in [-0.25, -0.2) is 0 Å². The first kappa shape index (κ1) is 13.5. The highest BCUT2D eigenvalue weighted by molar-refractivity contribution is 7.26. The van der Waals surface area contributed by atoms with Gasteiger partial charge in [0, 0.05) is 38.8 Å². The molecule has 0 fully saturated rings. The predicted molar refractivity (Wildman–Crippen MR) is 111 cm³/mol. The summed E-state index contributed by atoms with van der Waals surface area (Å²) in [6.45, 7) is 0. The number of hydrogen-bond donors (Lipinski definition) is 0. The minimum absolute atomic E-state index is 1.30. The van der Waals surface area contributed by atoms with Crippen molar-refractivity contribution in [1.82, 2.24) is 4.57 Å². The fraction of sp³-hybridized carbons (Fsp3) is 0.0435. The maximum absolute atomic E-state index is 2.35. The standard InChI is InChI=1S/C23H15NS/c1-24-20-9-5-4-8-16(20)17-10-11-18-19-12-14-6-2-3-7-15(14)13-21(19)25-23(18)22(17)24/h2-13H,1H3. The zero-order valence-corrected chi connectivity index (χ0v) is 14.6. The van der Waals surface area contributed by atoms with Crippen molar-refractivity contribution in [2.75, 3.05) is 0 Å². The van der Waals surface area contributed by atoms with Gasteiger partial charge >= 0.3 is 0 Å². The molecule has 118 valence electrons. The van der Waals surface area contributed by atoms with Crippen LogP contribution >= 0.6 is 11.3 Å². The van der Waals surface area contributed by atoms with Crippen molar-refractivity contribution in [3.8, 4) is 0 Å². The first-order valence-corrected chi connectivity index (χ1v) is 9.34. The molecule has 2 aromatic heterocycles. The normalized spacial score (nSPS) is 12.2. The molecule has 25 heavy (non-hydrogen) atoms. The Labute approximate surface area is 148 Å². The molecule has 0 saturated carbocycles. The number of thiophene rings is 1. The number of aromatic nitrogens is 1. The van der Waals surface area contributed by atoms with Gasteiger partial charge in [0.1, 0.15) is 0 Å². The van der Waals surface area contributed by atoms with E-state index in [2.05, 4.69) is 84.4 Å². The molecule has 0 aliphatic carbocycles. The lowest BCUT2D eigenvalue weighted by Crippen LogP contribution is -1.85. The van der Waals surface area contributed by atoms with Crippen LogP contribution in [0, 0.1) is 0 Å². The summed E-state index contributed by atoms with van der Waals surface area (Å²) in [6.07, 6.45) is 0. The number of para-hydroxylation sites is 1. The van der Waals surface area contributed by atoms with Gasteiger partial charge in [0.25, 0.3) is 0 Å². The van der Waals surface area contributed by atoms with Gasteiger partial charge in [-0.3, -0.25) is 0 Å². The average Bonchev–Trinajstić information content (AvgIpc) is 3.15. The molecule has 0 N–H and O–H groups in total. The SMILES string of the molecule is Cn1c2ccccc2c2ccc3c4cc5ccccc5cc4sc3c21. The van der Waals surface area contributed by atoms with Crippen LogP contribution in [0.25, 0.3) is 52.8 Å². The molecule has 6 rings (SSSR count). The van der Waals surface area contributed by atoms with E-state index in [9.17, 15) is 0 Å². The van der Waals surface area contributed by atoms with Crippen LogP contribution in [0.15, 0.2) is 72.8 Å². The van der Waals surface area contributed by atoms with Gasteiger partial charge in [-0.2, -0.15) is 0 Å². The Kier molecular flexibility index (Phi) is 2.48. The van der Waals surface area contributed by atoms with Crippen molar-refractivity contribution in [1.29, 1.82) is 0 Å². The van der Waals surface area contributed by atoms with Crippen molar-refractivity contribution < 1.29 is 0 Å². The van der Waals surface area contributed by atoms with E-state index >= 15 is 0 Å². The number of hydrogen-bond acceptors (Lipinski definition) is 1. The minimum Gasteiger partial charge on any atom is -0.342 e. The summed E-state index contributed by atoms with van der Waals surface area (Å²) in [5.41, 5.74) is 2.65. The van der Waals surface area contributed by atoms with Crippen LogP contribution < -0.4 is 0 Å². The molecule has 4 aromatic carbocycles. The second-order valence-electron chi connectivity index (χ2n) is 6.71.